The molecule has 1 amide bonds. The van der Waals surface area contributed by atoms with Gasteiger partial charge in [0.25, 0.3) is 0 Å². The average molecular weight is 236 g/mol. The molecule has 2 heterocycles. The quantitative estimate of drug-likeness (QED) is 0.850. The lowest BCUT2D eigenvalue weighted by Gasteiger charge is -2.26. The molecule has 0 spiro atoms. The highest BCUT2D eigenvalue weighted by Crippen LogP contribution is 2.12. The van der Waals surface area contributed by atoms with Crippen LogP contribution in [0.3, 0.4) is 0 Å². The molecule has 1 aliphatic rings. The van der Waals surface area contributed by atoms with Crippen LogP contribution in [0.15, 0.2) is 18.3 Å². The number of carbonyl (C=O) groups excluding carboxylic acids is 1. The zero-order valence-electron chi connectivity index (χ0n) is 9.13. The number of aromatic carboxylic acids is 1. The molecule has 0 unspecified atom stereocenters. The molecule has 0 atom stereocenters. The SMILES string of the molecule is O=C(O)c1cccnc1CN1CCCOC1=O. The van der Waals surface area contributed by atoms with Gasteiger partial charge in [-0.25, -0.2) is 9.59 Å². The lowest BCUT2D eigenvalue weighted by Crippen LogP contribution is -2.37. The zero-order valence-corrected chi connectivity index (χ0v) is 9.13. The molecule has 0 bridgehead atoms. The van der Waals surface area contributed by atoms with Gasteiger partial charge < -0.3 is 14.7 Å². The van der Waals surface area contributed by atoms with E-state index >= 15 is 0 Å². The molecule has 0 radical (unpaired) electrons. The van der Waals surface area contributed by atoms with Crippen molar-refractivity contribution in [3.05, 3.63) is 29.6 Å². The van der Waals surface area contributed by atoms with Gasteiger partial charge in [0, 0.05) is 12.7 Å². The van der Waals surface area contributed by atoms with Crippen molar-refractivity contribution in [3.8, 4) is 0 Å². The Morgan fingerprint density at radius 1 is 1.59 bits per heavy atom. The number of pyridine rings is 1. The van der Waals surface area contributed by atoms with E-state index in [-0.39, 0.29) is 12.1 Å². The van der Waals surface area contributed by atoms with Crippen molar-refractivity contribution >= 4 is 12.1 Å². The van der Waals surface area contributed by atoms with Crippen molar-refractivity contribution < 1.29 is 19.4 Å². The number of cyclic esters (lactones) is 1. The Morgan fingerprint density at radius 2 is 2.41 bits per heavy atom. The number of carboxylic acid groups (broad SMARTS) is 1. The molecule has 1 aromatic heterocycles. The van der Waals surface area contributed by atoms with Crippen molar-refractivity contribution in [2.75, 3.05) is 13.2 Å². The number of carboxylic acids is 1. The summed E-state index contributed by atoms with van der Waals surface area (Å²) in [6, 6.07) is 3.03. The molecule has 1 saturated heterocycles. The minimum Gasteiger partial charge on any atom is -0.478 e. The molecule has 6 nitrogen and oxygen atoms in total. The first-order chi connectivity index (χ1) is 8.18. The summed E-state index contributed by atoms with van der Waals surface area (Å²) in [5.74, 6) is -1.04. The van der Waals surface area contributed by atoms with Crippen LogP contribution in [0.5, 0.6) is 0 Å². The smallest absolute Gasteiger partial charge is 0.410 e. The molecule has 90 valence electrons. The second-order valence-electron chi connectivity index (χ2n) is 3.69. The van der Waals surface area contributed by atoms with E-state index in [4.69, 9.17) is 9.84 Å². The van der Waals surface area contributed by atoms with E-state index in [1.807, 2.05) is 0 Å². The van der Waals surface area contributed by atoms with Crippen LogP contribution in [-0.4, -0.2) is 40.2 Å². The van der Waals surface area contributed by atoms with Crippen LogP contribution in [0.1, 0.15) is 22.5 Å². The van der Waals surface area contributed by atoms with E-state index in [1.54, 1.807) is 6.07 Å². The number of nitrogens with zero attached hydrogens (tertiary/aromatic N) is 2. The molecule has 0 aromatic carbocycles. The molecule has 17 heavy (non-hydrogen) atoms. The number of aromatic nitrogens is 1. The second-order valence-corrected chi connectivity index (χ2v) is 3.69. The Morgan fingerprint density at radius 3 is 3.12 bits per heavy atom. The number of hydrogen-bond acceptors (Lipinski definition) is 4. The van der Waals surface area contributed by atoms with Crippen LogP contribution >= 0.6 is 0 Å². The van der Waals surface area contributed by atoms with Gasteiger partial charge in [0.15, 0.2) is 0 Å². The summed E-state index contributed by atoms with van der Waals surface area (Å²) in [5.41, 5.74) is 0.490. The van der Waals surface area contributed by atoms with E-state index in [1.165, 1.54) is 17.2 Å². The van der Waals surface area contributed by atoms with Crippen LogP contribution in [0.4, 0.5) is 4.79 Å². The van der Waals surface area contributed by atoms with Gasteiger partial charge in [-0.3, -0.25) is 4.98 Å². The van der Waals surface area contributed by atoms with Crippen LogP contribution < -0.4 is 0 Å². The number of ether oxygens (including phenoxy) is 1. The summed E-state index contributed by atoms with van der Waals surface area (Å²) in [7, 11) is 0. The Labute approximate surface area is 97.8 Å². The summed E-state index contributed by atoms with van der Waals surface area (Å²) < 4.78 is 4.87. The van der Waals surface area contributed by atoms with Gasteiger partial charge in [0.2, 0.25) is 0 Å². The van der Waals surface area contributed by atoms with E-state index in [0.29, 0.717) is 18.8 Å². The number of amides is 1. The predicted molar refractivity (Wildman–Crippen MR) is 57.6 cm³/mol. The van der Waals surface area contributed by atoms with Crippen molar-refractivity contribution in [2.24, 2.45) is 0 Å². The van der Waals surface area contributed by atoms with Gasteiger partial charge in [0.05, 0.1) is 24.4 Å². The molecule has 1 fully saturated rings. The maximum absolute atomic E-state index is 11.4. The number of hydrogen-bond donors (Lipinski definition) is 1. The Bertz CT molecular complexity index is 447. The fourth-order valence-corrected chi connectivity index (χ4v) is 1.68. The van der Waals surface area contributed by atoms with Gasteiger partial charge in [-0.05, 0) is 18.6 Å². The third-order valence-corrected chi connectivity index (χ3v) is 2.52. The van der Waals surface area contributed by atoms with Gasteiger partial charge in [-0.15, -0.1) is 0 Å². The Kier molecular flexibility index (Phi) is 3.22. The van der Waals surface area contributed by atoms with Crippen molar-refractivity contribution in [2.45, 2.75) is 13.0 Å². The van der Waals surface area contributed by atoms with Crippen molar-refractivity contribution in [3.63, 3.8) is 0 Å². The third kappa shape index (κ3) is 2.52. The minimum atomic E-state index is -1.04. The fourth-order valence-electron chi connectivity index (χ4n) is 1.68. The molecular formula is C11H12N2O4. The van der Waals surface area contributed by atoms with E-state index in [9.17, 15) is 9.59 Å². The third-order valence-electron chi connectivity index (χ3n) is 2.52. The van der Waals surface area contributed by atoms with Crippen molar-refractivity contribution in [1.82, 2.24) is 9.88 Å². The van der Waals surface area contributed by atoms with Gasteiger partial charge in [-0.2, -0.15) is 0 Å². The van der Waals surface area contributed by atoms with Gasteiger partial charge in [-0.1, -0.05) is 0 Å². The molecule has 0 aliphatic carbocycles. The van der Waals surface area contributed by atoms with Crippen LogP contribution in [0, 0.1) is 0 Å². The van der Waals surface area contributed by atoms with E-state index in [0.717, 1.165) is 6.42 Å². The first-order valence-electron chi connectivity index (χ1n) is 5.27. The molecule has 0 saturated carbocycles. The van der Waals surface area contributed by atoms with Crippen molar-refractivity contribution in [1.29, 1.82) is 0 Å². The number of carbonyl (C=O) groups is 2. The van der Waals surface area contributed by atoms with E-state index in [2.05, 4.69) is 4.98 Å². The Hall–Kier alpha value is -2.11. The monoisotopic (exact) mass is 236 g/mol. The largest absolute Gasteiger partial charge is 0.478 e. The maximum Gasteiger partial charge on any atom is 0.410 e. The summed E-state index contributed by atoms with van der Waals surface area (Å²) in [5, 5.41) is 8.99. The number of rotatable bonds is 3. The highest BCUT2D eigenvalue weighted by molar-refractivity contribution is 5.88. The summed E-state index contributed by atoms with van der Waals surface area (Å²) >= 11 is 0. The highest BCUT2D eigenvalue weighted by Gasteiger charge is 2.22. The molecule has 6 heteroatoms. The second kappa shape index (κ2) is 4.82. The first-order valence-corrected chi connectivity index (χ1v) is 5.27. The van der Waals surface area contributed by atoms with Gasteiger partial charge in [0.1, 0.15) is 0 Å². The van der Waals surface area contributed by atoms with Crippen LogP contribution in [-0.2, 0) is 11.3 Å². The van der Waals surface area contributed by atoms with Gasteiger partial charge >= 0.3 is 12.1 Å². The molecular weight excluding hydrogens is 224 g/mol. The standard InChI is InChI=1S/C11H12N2O4/c14-10(15)8-3-1-4-12-9(8)7-13-5-2-6-17-11(13)16/h1,3-4H,2,5-7H2,(H,14,15). The maximum atomic E-state index is 11.4. The highest BCUT2D eigenvalue weighted by atomic mass is 16.6. The van der Waals surface area contributed by atoms with E-state index < -0.39 is 12.1 Å². The zero-order chi connectivity index (χ0) is 12.3. The minimum absolute atomic E-state index is 0.117. The lowest BCUT2D eigenvalue weighted by atomic mass is 10.2. The molecule has 2 rings (SSSR count). The fraction of sp³-hybridized carbons (Fsp3) is 0.364. The normalized spacial score (nSPS) is 15.5. The summed E-state index contributed by atoms with van der Waals surface area (Å²) in [6.07, 6.45) is 1.84. The average Bonchev–Trinajstić information content (AvgIpc) is 2.32. The van der Waals surface area contributed by atoms with Crippen LogP contribution in [0.25, 0.3) is 0 Å². The van der Waals surface area contributed by atoms with Crippen LogP contribution in [0.2, 0.25) is 0 Å². The summed E-state index contributed by atoms with van der Waals surface area (Å²) in [4.78, 5) is 27.8. The molecule has 1 aliphatic heterocycles. The topological polar surface area (TPSA) is 79.7 Å². The molecule has 1 aromatic rings. The first kappa shape index (κ1) is 11.4. The summed E-state index contributed by atoms with van der Waals surface area (Å²) in [6.45, 7) is 1.15. The molecule has 1 N–H and O–H groups in total. The predicted octanol–water partition coefficient (Wildman–Crippen LogP) is 1.12. The Balaban J connectivity index is 2.17. The lowest BCUT2D eigenvalue weighted by molar-refractivity contribution is 0.0655.